The Kier molecular flexibility index (Phi) is 5.73. The molecule has 5 aromatic carbocycles. The Morgan fingerprint density at radius 3 is 1.49 bits per heavy atom. The molecule has 0 saturated heterocycles. The largest absolute Gasteiger partial charge is 0.245 e. The summed E-state index contributed by atoms with van der Waals surface area (Å²) in [5.74, 6) is 0. The lowest BCUT2D eigenvalue weighted by atomic mass is 9.88. The Morgan fingerprint density at radius 2 is 1.00 bits per heavy atom. The third kappa shape index (κ3) is 3.85. The Balaban J connectivity index is 1.80. The number of hydrogen-bond acceptors (Lipinski definition) is 3. The normalized spacial score (nSPS) is 10.8. The Hall–Kier alpha value is -4.77. The van der Waals surface area contributed by atoms with Gasteiger partial charge in [0.05, 0.1) is 22.5 Å². The molecule has 6 rings (SSSR count). The molecule has 0 aliphatic carbocycles. The van der Waals surface area contributed by atoms with E-state index in [9.17, 15) is 10.5 Å². The number of halogens is 1. The van der Waals surface area contributed by atoms with Crippen molar-refractivity contribution >= 4 is 37.5 Å². The highest BCUT2D eigenvalue weighted by Crippen LogP contribution is 2.41. The monoisotopic (exact) mass is 535 g/mol. The number of aromatic nitrogens is 1. The summed E-state index contributed by atoms with van der Waals surface area (Å²) in [4.78, 5) is 5.10. The predicted octanol–water partition coefficient (Wildman–Crippen LogP) is 8.89. The van der Waals surface area contributed by atoms with Crippen LogP contribution in [0, 0.1) is 22.7 Å². The third-order valence-electron chi connectivity index (χ3n) is 6.64. The Bertz CT molecular complexity index is 1780. The summed E-state index contributed by atoms with van der Waals surface area (Å²) in [7, 11) is 0. The van der Waals surface area contributed by atoms with Crippen LogP contribution in [-0.4, -0.2) is 4.98 Å². The number of fused-ring (bicyclic) bond motifs is 2. The van der Waals surface area contributed by atoms with Gasteiger partial charge in [-0.05, 0) is 39.2 Å². The molecule has 0 radical (unpaired) electrons. The molecule has 37 heavy (non-hydrogen) atoms. The van der Waals surface area contributed by atoms with Crippen LogP contribution in [-0.2, 0) is 0 Å². The molecule has 0 bridgehead atoms. The first-order valence-corrected chi connectivity index (χ1v) is 12.6. The molecule has 1 heterocycles. The van der Waals surface area contributed by atoms with Crippen molar-refractivity contribution in [2.45, 2.75) is 0 Å². The van der Waals surface area contributed by atoms with E-state index in [-0.39, 0.29) is 0 Å². The first-order chi connectivity index (χ1) is 18.2. The highest BCUT2D eigenvalue weighted by atomic mass is 79.9. The van der Waals surface area contributed by atoms with E-state index < -0.39 is 0 Å². The average Bonchev–Trinajstić information content (AvgIpc) is 2.96. The number of nitrogens with zero attached hydrogens (tertiary/aromatic N) is 3. The molecule has 0 aliphatic heterocycles. The number of rotatable bonds is 3. The summed E-state index contributed by atoms with van der Waals surface area (Å²) in [5, 5.41) is 25.1. The van der Waals surface area contributed by atoms with E-state index in [4.69, 9.17) is 4.98 Å². The van der Waals surface area contributed by atoms with Crippen molar-refractivity contribution in [3.05, 3.63) is 125 Å². The second-order valence-corrected chi connectivity index (χ2v) is 9.63. The number of pyridine rings is 1. The molecule has 0 amide bonds. The van der Waals surface area contributed by atoms with E-state index in [1.807, 2.05) is 84.9 Å². The predicted molar refractivity (Wildman–Crippen MR) is 153 cm³/mol. The van der Waals surface area contributed by atoms with Gasteiger partial charge in [0.1, 0.15) is 12.1 Å². The van der Waals surface area contributed by atoms with E-state index in [2.05, 4.69) is 52.3 Å². The Morgan fingerprint density at radius 1 is 0.541 bits per heavy atom. The zero-order chi connectivity index (χ0) is 25.4. The lowest BCUT2D eigenvalue weighted by Gasteiger charge is -2.18. The van der Waals surface area contributed by atoms with Crippen LogP contribution in [0.4, 0.5) is 0 Å². The average molecular weight is 536 g/mol. The van der Waals surface area contributed by atoms with Crippen molar-refractivity contribution in [3.63, 3.8) is 0 Å². The summed E-state index contributed by atoms with van der Waals surface area (Å²) in [6.07, 6.45) is 0. The first kappa shape index (κ1) is 22.7. The van der Waals surface area contributed by atoms with Gasteiger partial charge in [-0.3, -0.25) is 0 Å². The summed E-state index contributed by atoms with van der Waals surface area (Å²) in [6.45, 7) is 0. The van der Waals surface area contributed by atoms with Crippen LogP contribution in [0.25, 0.3) is 55.2 Å². The fraction of sp³-hybridized carbons (Fsp3) is 0. The van der Waals surface area contributed by atoms with Gasteiger partial charge in [0.2, 0.25) is 0 Å². The second kappa shape index (κ2) is 9.36. The maximum absolute atomic E-state index is 10.5. The molecular formula is C33H18BrN3. The van der Waals surface area contributed by atoms with Gasteiger partial charge >= 0.3 is 0 Å². The maximum atomic E-state index is 10.5. The minimum Gasteiger partial charge on any atom is -0.245 e. The third-order valence-corrected chi connectivity index (χ3v) is 7.17. The lowest BCUT2D eigenvalue weighted by Crippen LogP contribution is -2.02. The molecule has 4 heteroatoms. The minimum atomic E-state index is 0.388. The number of hydrogen-bond donors (Lipinski definition) is 0. The SMILES string of the molecule is N#Cc1c(-c2cccc3ccccc23)nc(-c2cccc3ccccc23)c(C#N)c1-c1ccc(Br)cc1. The zero-order valence-corrected chi connectivity index (χ0v) is 21.2. The number of nitriles is 2. The van der Waals surface area contributed by atoms with Crippen LogP contribution in [0.3, 0.4) is 0 Å². The van der Waals surface area contributed by atoms with Gasteiger partial charge < -0.3 is 0 Å². The summed E-state index contributed by atoms with van der Waals surface area (Å²) in [6, 6.07) is 40.7. The smallest absolute Gasteiger partial charge is 0.102 e. The molecule has 3 nitrogen and oxygen atoms in total. The number of benzene rings is 5. The fourth-order valence-corrected chi connectivity index (χ4v) is 5.23. The van der Waals surface area contributed by atoms with Crippen molar-refractivity contribution < 1.29 is 0 Å². The topological polar surface area (TPSA) is 60.5 Å². The molecule has 0 saturated carbocycles. The van der Waals surface area contributed by atoms with E-state index in [1.54, 1.807) is 0 Å². The highest BCUT2D eigenvalue weighted by Gasteiger charge is 2.24. The van der Waals surface area contributed by atoms with E-state index in [0.717, 1.165) is 42.7 Å². The molecule has 172 valence electrons. The molecule has 0 fully saturated rings. The van der Waals surface area contributed by atoms with Gasteiger partial charge in [-0.2, -0.15) is 10.5 Å². The Labute approximate surface area is 223 Å². The van der Waals surface area contributed by atoms with Crippen LogP contribution in [0.1, 0.15) is 11.1 Å². The van der Waals surface area contributed by atoms with Gasteiger partial charge in [-0.25, -0.2) is 4.98 Å². The van der Waals surface area contributed by atoms with E-state index in [0.29, 0.717) is 28.1 Å². The van der Waals surface area contributed by atoms with Gasteiger partial charge in [0, 0.05) is 21.2 Å². The molecule has 0 N–H and O–H groups in total. The molecule has 0 atom stereocenters. The summed E-state index contributed by atoms with van der Waals surface area (Å²) < 4.78 is 0.922. The summed E-state index contributed by atoms with van der Waals surface area (Å²) >= 11 is 3.50. The quantitative estimate of drug-likeness (QED) is 0.227. The molecule has 6 aromatic rings. The molecule has 0 unspecified atom stereocenters. The van der Waals surface area contributed by atoms with Crippen molar-refractivity contribution in [1.82, 2.24) is 4.98 Å². The van der Waals surface area contributed by atoms with Gasteiger partial charge in [0.25, 0.3) is 0 Å². The summed E-state index contributed by atoms with van der Waals surface area (Å²) in [5.41, 5.74) is 5.02. The maximum Gasteiger partial charge on any atom is 0.102 e. The minimum absolute atomic E-state index is 0.388. The van der Waals surface area contributed by atoms with Crippen LogP contribution in [0.5, 0.6) is 0 Å². The standard InChI is InChI=1S/C33H18BrN3/c34-24-17-15-23(16-18-24)31-29(19-35)32(27-13-5-9-21-7-1-3-11-25(21)27)37-33(30(31)20-36)28-14-6-10-22-8-2-4-12-26(22)28/h1-18H. The van der Waals surface area contributed by atoms with Crippen molar-refractivity contribution in [1.29, 1.82) is 10.5 Å². The van der Waals surface area contributed by atoms with Gasteiger partial charge in [-0.15, -0.1) is 0 Å². The second-order valence-electron chi connectivity index (χ2n) is 8.72. The first-order valence-electron chi connectivity index (χ1n) is 11.8. The van der Waals surface area contributed by atoms with E-state index >= 15 is 0 Å². The molecular weight excluding hydrogens is 518 g/mol. The van der Waals surface area contributed by atoms with Crippen LogP contribution >= 0.6 is 15.9 Å². The zero-order valence-electron chi connectivity index (χ0n) is 19.6. The van der Waals surface area contributed by atoms with Crippen LogP contribution in [0.15, 0.2) is 114 Å². The molecule has 1 aromatic heterocycles. The fourth-order valence-electron chi connectivity index (χ4n) is 4.96. The van der Waals surface area contributed by atoms with Crippen molar-refractivity contribution in [3.8, 4) is 45.8 Å². The van der Waals surface area contributed by atoms with Gasteiger partial charge in [-0.1, -0.05) is 113 Å². The van der Waals surface area contributed by atoms with Crippen molar-refractivity contribution in [2.24, 2.45) is 0 Å². The lowest BCUT2D eigenvalue weighted by molar-refractivity contribution is 1.29. The van der Waals surface area contributed by atoms with Crippen LogP contribution < -0.4 is 0 Å². The molecule has 0 aliphatic rings. The van der Waals surface area contributed by atoms with Crippen molar-refractivity contribution in [2.75, 3.05) is 0 Å². The van der Waals surface area contributed by atoms with E-state index in [1.165, 1.54) is 0 Å². The van der Waals surface area contributed by atoms with Gasteiger partial charge in [0.15, 0.2) is 0 Å². The molecule has 0 spiro atoms. The highest BCUT2D eigenvalue weighted by molar-refractivity contribution is 9.10. The van der Waals surface area contributed by atoms with Crippen LogP contribution in [0.2, 0.25) is 0 Å².